The van der Waals surface area contributed by atoms with Crippen molar-refractivity contribution < 1.29 is 4.79 Å². The van der Waals surface area contributed by atoms with Gasteiger partial charge in [-0.1, -0.05) is 23.4 Å². The highest BCUT2D eigenvalue weighted by Crippen LogP contribution is 2.30. The van der Waals surface area contributed by atoms with E-state index in [2.05, 4.69) is 15.6 Å². The minimum absolute atomic E-state index is 0.107. The van der Waals surface area contributed by atoms with Crippen LogP contribution in [-0.2, 0) is 4.79 Å². The molecule has 0 radical (unpaired) electrons. The Balaban J connectivity index is 1.52. The first-order valence-electron chi connectivity index (χ1n) is 7.88. The Morgan fingerprint density at radius 1 is 1.17 bits per heavy atom. The lowest BCUT2D eigenvalue weighted by atomic mass is 10.1. The maximum absolute atomic E-state index is 11.8. The first-order valence-corrected chi connectivity index (χ1v) is 7.88. The van der Waals surface area contributed by atoms with Gasteiger partial charge in [-0.05, 0) is 43.2 Å². The van der Waals surface area contributed by atoms with Crippen LogP contribution < -0.4 is 11.1 Å². The van der Waals surface area contributed by atoms with Crippen LogP contribution in [-0.4, -0.2) is 20.9 Å². The number of anilines is 2. The molecular formula is C18H17N5O. The van der Waals surface area contributed by atoms with Crippen molar-refractivity contribution in [3.8, 4) is 16.9 Å². The number of nitrogens with two attached hydrogens (primary N) is 1. The van der Waals surface area contributed by atoms with Crippen LogP contribution in [0.2, 0.25) is 0 Å². The van der Waals surface area contributed by atoms with Crippen molar-refractivity contribution in [1.29, 1.82) is 0 Å². The van der Waals surface area contributed by atoms with E-state index in [1.54, 1.807) is 4.68 Å². The van der Waals surface area contributed by atoms with Gasteiger partial charge in [-0.3, -0.25) is 4.79 Å². The molecule has 1 heterocycles. The van der Waals surface area contributed by atoms with Crippen molar-refractivity contribution in [2.75, 3.05) is 11.1 Å². The van der Waals surface area contributed by atoms with Gasteiger partial charge in [0, 0.05) is 22.9 Å². The lowest BCUT2D eigenvalue weighted by Crippen LogP contribution is -2.12. The molecule has 0 bridgehead atoms. The Morgan fingerprint density at radius 3 is 2.67 bits per heavy atom. The number of hydrogen-bond donors (Lipinski definition) is 2. The molecule has 1 saturated carbocycles. The van der Waals surface area contributed by atoms with E-state index in [1.165, 1.54) is 0 Å². The van der Waals surface area contributed by atoms with E-state index in [9.17, 15) is 4.79 Å². The van der Waals surface area contributed by atoms with Crippen molar-refractivity contribution in [2.24, 2.45) is 5.92 Å². The number of rotatable bonds is 4. The van der Waals surface area contributed by atoms with Gasteiger partial charge in [0.05, 0.1) is 11.9 Å². The summed E-state index contributed by atoms with van der Waals surface area (Å²) in [5.74, 6) is 0.304. The molecule has 0 saturated heterocycles. The fraction of sp³-hybridized carbons (Fsp3) is 0.167. The summed E-state index contributed by atoms with van der Waals surface area (Å²) in [6.07, 6.45) is 3.85. The average molecular weight is 319 g/mol. The molecular weight excluding hydrogens is 302 g/mol. The van der Waals surface area contributed by atoms with Gasteiger partial charge in [0.2, 0.25) is 5.91 Å². The molecule has 3 N–H and O–H groups in total. The largest absolute Gasteiger partial charge is 0.399 e. The van der Waals surface area contributed by atoms with Crippen molar-refractivity contribution >= 4 is 17.3 Å². The van der Waals surface area contributed by atoms with Crippen LogP contribution in [0, 0.1) is 5.92 Å². The van der Waals surface area contributed by atoms with Gasteiger partial charge in [-0.15, -0.1) is 5.10 Å². The Labute approximate surface area is 139 Å². The zero-order chi connectivity index (χ0) is 16.5. The lowest BCUT2D eigenvalue weighted by molar-refractivity contribution is -0.117. The first-order chi connectivity index (χ1) is 11.7. The molecule has 0 spiro atoms. The number of carbonyl (C=O) groups excluding carboxylic acids is 1. The fourth-order valence-electron chi connectivity index (χ4n) is 2.50. The highest BCUT2D eigenvalue weighted by atomic mass is 16.2. The molecule has 120 valence electrons. The number of nitrogen functional groups attached to an aromatic ring is 1. The van der Waals surface area contributed by atoms with E-state index in [4.69, 9.17) is 5.73 Å². The van der Waals surface area contributed by atoms with Gasteiger partial charge in [-0.2, -0.15) is 0 Å². The molecule has 0 unspecified atom stereocenters. The van der Waals surface area contributed by atoms with Crippen LogP contribution in [0.15, 0.2) is 54.7 Å². The molecule has 2 aromatic carbocycles. The van der Waals surface area contributed by atoms with Crippen LogP contribution in [0.4, 0.5) is 11.4 Å². The molecule has 1 aromatic heterocycles. The molecule has 4 rings (SSSR count). The van der Waals surface area contributed by atoms with Gasteiger partial charge in [0.1, 0.15) is 5.69 Å². The zero-order valence-corrected chi connectivity index (χ0v) is 13.0. The number of carbonyl (C=O) groups is 1. The summed E-state index contributed by atoms with van der Waals surface area (Å²) in [4.78, 5) is 11.8. The third-order valence-corrected chi connectivity index (χ3v) is 4.02. The van der Waals surface area contributed by atoms with E-state index in [-0.39, 0.29) is 11.8 Å². The molecule has 24 heavy (non-hydrogen) atoms. The molecule has 1 fully saturated rings. The number of nitrogens with zero attached hydrogens (tertiary/aromatic N) is 3. The fourth-order valence-corrected chi connectivity index (χ4v) is 2.50. The van der Waals surface area contributed by atoms with Gasteiger partial charge in [0.15, 0.2) is 0 Å². The van der Waals surface area contributed by atoms with Crippen molar-refractivity contribution in [2.45, 2.75) is 12.8 Å². The molecule has 6 heteroatoms. The summed E-state index contributed by atoms with van der Waals surface area (Å²) < 4.78 is 1.69. The Hall–Kier alpha value is -3.15. The highest BCUT2D eigenvalue weighted by molar-refractivity contribution is 5.94. The highest BCUT2D eigenvalue weighted by Gasteiger charge is 2.29. The molecule has 0 aliphatic heterocycles. The van der Waals surface area contributed by atoms with E-state index in [0.717, 1.165) is 35.5 Å². The molecule has 1 aliphatic carbocycles. The predicted molar refractivity (Wildman–Crippen MR) is 92.6 cm³/mol. The Kier molecular flexibility index (Phi) is 3.49. The van der Waals surface area contributed by atoms with Crippen molar-refractivity contribution in [1.82, 2.24) is 15.0 Å². The average Bonchev–Trinajstić information content (AvgIpc) is 3.33. The van der Waals surface area contributed by atoms with E-state index in [0.29, 0.717) is 5.69 Å². The van der Waals surface area contributed by atoms with Gasteiger partial charge in [-0.25, -0.2) is 4.68 Å². The summed E-state index contributed by atoms with van der Waals surface area (Å²) in [6.45, 7) is 0. The van der Waals surface area contributed by atoms with Gasteiger partial charge < -0.3 is 11.1 Å². The minimum atomic E-state index is 0.107. The lowest BCUT2D eigenvalue weighted by Gasteiger charge is -2.04. The normalized spacial score (nSPS) is 13.7. The second-order valence-electron chi connectivity index (χ2n) is 5.98. The second kappa shape index (κ2) is 5.81. The summed E-state index contributed by atoms with van der Waals surface area (Å²) in [5, 5.41) is 11.3. The Morgan fingerprint density at radius 2 is 1.96 bits per heavy atom. The molecule has 0 atom stereocenters. The number of aromatic nitrogens is 3. The summed E-state index contributed by atoms with van der Waals surface area (Å²) in [5.41, 5.74) is 9.85. The monoisotopic (exact) mass is 319 g/mol. The number of benzene rings is 2. The predicted octanol–water partition coefficient (Wildman–Crippen LogP) is 2.87. The molecule has 3 aromatic rings. The second-order valence-corrected chi connectivity index (χ2v) is 5.98. The minimum Gasteiger partial charge on any atom is -0.399 e. The Bertz CT molecular complexity index is 880. The topological polar surface area (TPSA) is 85.8 Å². The number of nitrogens with one attached hydrogen (secondary N) is 1. The van der Waals surface area contributed by atoms with Crippen molar-refractivity contribution in [3.63, 3.8) is 0 Å². The maximum Gasteiger partial charge on any atom is 0.227 e. The van der Waals surface area contributed by atoms with Crippen LogP contribution in [0.25, 0.3) is 16.9 Å². The summed E-state index contributed by atoms with van der Waals surface area (Å²) >= 11 is 0. The quantitative estimate of drug-likeness (QED) is 0.724. The molecule has 1 amide bonds. The van der Waals surface area contributed by atoms with Crippen LogP contribution in [0.1, 0.15) is 12.8 Å². The van der Waals surface area contributed by atoms with Crippen molar-refractivity contribution in [3.05, 3.63) is 54.7 Å². The maximum atomic E-state index is 11.8. The molecule has 6 nitrogen and oxygen atoms in total. The van der Waals surface area contributed by atoms with Crippen LogP contribution in [0.3, 0.4) is 0 Å². The standard InChI is InChI=1S/C18H17N5O/c19-14-2-1-3-16(10-14)23-11-17(21-22-23)12-6-8-15(9-7-12)20-18(24)13-4-5-13/h1-3,6-11,13H,4-5,19H2,(H,20,24). The SMILES string of the molecule is Nc1cccc(-n2cc(-c3ccc(NC(=O)C4CC4)cc3)nn2)c1. The number of hydrogen-bond acceptors (Lipinski definition) is 4. The number of amides is 1. The third-order valence-electron chi connectivity index (χ3n) is 4.02. The van der Waals surface area contributed by atoms with Gasteiger partial charge >= 0.3 is 0 Å². The van der Waals surface area contributed by atoms with E-state index in [1.807, 2.05) is 54.7 Å². The van der Waals surface area contributed by atoms with Crippen LogP contribution in [0.5, 0.6) is 0 Å². The third kappa shape index (κ3) is 2.99. The van der Waals surface area contributed by atoms with E-state index < -0.39 is 0 Å². The van der Waals surface area contributed by atoms with E-state index >= 15 is 0 Å². The summed E-state index contributed by atoms with van der Waals surface area (Å²) in [7, 11) is 0. The smallest absolute Gasteiger partial charge is 0.227 e. The summed E-state index contributed by atoms with van der Waals surface area (Å²) in [6, 6.07) is 15.1. The van der Waals surface area contributed by atoms with Gasteiger partial charge in [0.25, 0.3) is 0 Å². The first kappa shape index (κ1) is 14.4. The van der Waals surface area contributed by atoms with Crippen LogP contribution >= 0.6 is 0 Å². The zero-order valence-electron chi connectivity index (χ0n) is 13.0. The molecule has 1 aliphatic rings.